The van der Waals surface area contributed by atoms with Gasteiger partial charge in [-0.25, -0.2) is 5.01 Å². The van der Waals surface area contributed by atoms with E-state index in [1.807, 2.05) is 71.7 Å². The van der Waals surface area contributed by atoms with Gasteiger partial charge >= 0.3 is 0 Å². The zero-order valence-electron chi connectivity index (χ0n) is 26.8. The number of phenolic OH excluding ortho intramolecular Hbond substituents is 2. The Hall–Kier alpha value is -6.65. The Morgan fingerprint density at radius 2 is 0.878 bits per heavy atom. The number of anilines is 2. The molecule has 0 amide bonds. The van der Waals surface area contributed by atoms with Gasteiger partial charge in [0.05, 0.1) is 17.1 Å². The fourth-order valence-electron chi connectivity index (χ4n) is 5.74. The smallest absolute Gasteiger partial charge is 0.115 e. The van der Waals surface area contributed by atoms with Crippen molar-refractivity contribution >= 4 is 52.2 Å². The molecule has 0 aromatic heterocycles. The lowest BCUT2D eigenvalue weighted by Gasteiger charge is -2.24. The number of phenols is 2. The van der Waals surface area contributed by atoms with Crippen LogP contribution in [0.25, 0.3) is 35.1 Å². The molecule has 0 atom stereocenters. The third-order valence-corrected chi connectivity index (χ3v) is 8.30. The van der Waals surface area contributed by atoms with Crippen LogP contribution in [0.15, 0.2) is 175 Å². The van der Waals surface area contributed by atoms with Crippen molar-refractivity contribution in [3.63, 3.8) is 0 Å². The molecule has 0 bridgehead atoms. The first-order valence-electron chi connectivity index (χ1n) is 16.2. The number of aromatic hydroxyl groups is 2. The van der Waals surface area contributed by atoms with Crippen LogP contribution in [0.2, 0.25) is 0 Å². The predicted octanol–water partition coefficient (Wildman–Crippen LogP) is 11.2. The van der Waals surface area contributed by atoms with Gasteiger partial charge < -0.3 is 10.2 Å². The normalized spacial score (nSPS) is 11.3. The summed E-state index contributed by atoms with van der Waals surface area (Å²) in [6.45, 7) is 0. The Morgan fingerprint density at radius 3 is 1.41 bits per heavy atom. The van der Waals surface area contributed by atoms with Crippen LogP contribution in [0.3, 0.4) is 0 Å². The summed E-state index contributed by atoms with van der Waals surface area (Å²) in [6, 6.07) is 56.0. The number of rotatable bonds is 9. The Balaban J connectivity index is 1.35. The summed E-state index contributed by atoms with van der Waals surface area (Å²) in [6.07, 6.45) is 8.27. The van der Waals surface area contributed by atoms with E-state index in [1.54, 1.807) is 24.3 Å². The SMILES string of the molecule is Oc1ccc(C=Cc2ccc(N(N=C(c3ccccc3)c3ccccc3)c3ccc(C=Cc4ccc(O)cc4)c4ccccc34)cc2)cc1. The number of hydrazone groups is 1. The molecule has 0 aliphatic carbocycles. The maximum Gasteiger partial charge on any atom is 0.115 e. The molecule has 7 aromatic rings. The largest absolute Gasteiger partial charge is 0.508 e. The molecule has 0 fully saturated rings. The van der Waals surface area contributed by atoms with E-state index in [-0.39, 0.29) is 11.5 Å². The monoisotopic (exact) mass is 634 g/mol. The van der Waals surface area contributed by atoms with E-state index in [0.717, 1.165) is 61.2 Å². The second-order valence-corrected chi connectivity index (χ2v) is 11.7. The van der Waals surface area contributed by atoms with E-state index in [1.165, 1.54) is 0 Å². The Morgan fingerprint density at radius 1 is 0.429 bits per heavy atom. The van der Waals surface area contributed by atoms with Crippen molar-refractivity contribution in [3.05, 3.63) is 203 Å². The molecule has 4 nitrogen and oxygen atoms in total. The van der Waals surface area contributed by atoms with E-state index < -0.39 is 0 Å². The molecule has 7 aromatic carbocycles. The summed E-state index contributed by atoms with van der Waals surface area (Å²) in [7, 11) is 0. The highest BCUT2D eigenvalue weighted by Crippen LogP contribution is 2.36. The molecular formula is C45H34N2O2. The van der Waals surface area contributed by atoms with Crippen LogP contribution in [0, 0.1) is 0 Å². The maximum absolute atomic E-state index is 9.71. The van der Waals surface area contributed by atoms with Gasteiger partial charge in [0.2, 0.25) is 0 Å². The van der Waals surface area contributed by atoms with Gasteiger partial charge in [-0.2, -0.15) is 5.10 Å². The highest BCUT2D eigenvalue weighted by atomic mass is 16.3. The fraction of sp³-hybridized carbons (Fsp3) is 0. The molecule has 7 rings (SSSR count). The van der Waals surface area contributed by atoms with Crippen LogP contribution < -0.4 is 5.01 Å². The minimum Gasteiger partial charge on any atom is -0.508 e. The van der Waals surface area contributed by atoms with Gasteiger partial charge in [-0.1, -0.05) is 152 Å². The number of fused-ring (bicyclic) bond motifs is 1. The summed E-state index contributed by atoms with van der Waals surface area (Å²) in [5.74, 6) is 0.501. The zero-order valence-corrected chi connectivity index (χ0v) is 26.8. The third-order valence-electron chi connectivity index (χ3n) is 8.30. The van der Waals surface area contributed by atoms with Crippen molar-refractivity contribution < 1.29 is 10.2 Å². The highest BCUT2D eigenvalue weighted by molar-refractivity contribution is 6.14. The maximum atomic E-state index is 9.71. The Bertz CT molecular complexity index is 2210. The van der Waals surface area contributed by atoms with E-state index in [4.69, 9.17) is 5.10 Å². The van der Waals surface area contributed by atoms with Gasteiger partial charge in [-0.3, -0.25) is 0 Å². The van der Waals surface area contributed by atoms with Crippen molar-refractivity contribution in [1.29, 1.82) is 0 Å². The van der Waals surface area contributed by atoms with E-state index in [2.05, 4.69) is 103 Å². The first kappa shape index (κ1) is 31.0. The number of hydrogen-bond acceptors (Lipinski definition) is 4. The first-order chi connectivity index (χ1) is 24.1. The molecule has 2 N–H and O–H groups in total. The summed E-state index contributed by atoms with van der Waals surface area (Å²) in [5.41, 5.74) is 8.91. The molecular weight excluding hydrogens is 601 g/mol. The van der Waals surface area contributed by atoms with Crippen LogP contribution in [0.4, 0.5) is 11.4 Å². The Labute approximate surface area is 286 Å². The lowest BCUT2D eigenvalue weighted by atomic mass is 10.0. The molecule has 0 aliphatic heterocycles. The molecule has 0 unspecified atom stereocenters. The summed E-state index contributed by atoms with van der Waals surface area (Å²) < 4.78 is 0. The lowest BCUT2D eigenvalue weighted by molar-refractivity contribution is 0.474. The first-order valence-corrected chi connectivity index (χ1v) is 16.2. The zero-order chi connectivity index (χ0) is 33.4. The molecule has 0 spiro atoms. The molecule has 0 saturated carbocycles. The van der Waals surface area contributed by atoms with Gasteiger partial charge in [0, 0.05) is 16.5 Å². The average molecular weight is 635 g/mol. The van der Waals surface area contributed by atoms with Crippen LogP contribution in [-0.2, 0) is 0 Å². The number of benzene rings is 7. The minimum atomic E-state index is 0.249. The highest BCUT2D eigenvalue weighted by Gasteiger charge is 2.17. The summed E-state index contributed by atoms with van der Waals surface area (Å²) in [4.78, 5) is 0. The van der Waals surface area contributed by atoms with Crippen LogP contribution >= 0.6 is 0 Å². The standard InChI is InChI=1S/C45H34N2O2/c48-40-28-20-34(21-29-40)16-15-33-18-26-39(27-19-33)47(46-45(37-9-3-1-4-10-37)38-11-5-2-6-12-38)44-32-25-36(42-13-7-8-14-43(42)44)24-17-35-22-30-41(49)31-23-35/h1-32,48-49H. The van der Waals surface area contributed by atoms with Crippen LogP contribution in [0.1, 0.15) is 33.4 Å². The molecule has 0 heterocycles. The van der Waals surface area contributed by atoms with Crippen molar-refractivity contribution in [2.45, 2.75) is 0 Å². The van der Waals surface area contributed by atoms with Crippen molar-refractivity contribution in [2.24, 2.45) is 5.10 Å². The molecule has 49 heavy (non-hydrogen) atoms. The summed E-state index contributed by atoms with van der Waals surface area (Å²) >= 11 is 0. The second kappa shape index (κ2) is 14.4. The lowest BCUT2D eigenvalue weighted by Crippen LogP contribution is -2.15. The topological polar surface area (TPSA) is 56.1 Å². The number of hydrogen-bond donors (Lipinski definition) is 2. The van der Waals surface area contributed by atoms with Gasteiger partial charge in [0.15, 0.2) is 0 Å². The average Bonchev–Trinajstić information content (AvgIpc) is 3.16. The van der Waals surface area contributed by atoms with E-state index in [9.17, 15) is 10.2 Å². The van der Waals surface area contributed by atoms with E-state index >= 15 is 0 Å². The minimum absolute atomic E-state index is 0.249. The molecule has 0 saturated heterocycles. The van der Waals surface area contributed by atoms with Gasteiger partial charge in [-0.15, -0.1) is 0 Å². The molecule has 0 radical (unpaired) electrons. The fourth-order valence-corrected chi connectivity index (χ4v) is 5.74. The van der Waals surface area contributed by atoms with Crippen LogP contribution in [0.5, 0.6) is 11.5 Å². The van der Waals surface area contributed by atoms with Gasteiger partial charge in [-0.05, 0) is 70.1 Å². The van der Waals surface area contributed by atoms with Crippen molar-refractivity contribution in [2.75, 3.05) is 5.01 Å². The van der Waals surface area contributed by atoms with Gasteiger partial charge in [0.1, 0.15) is 11.5 Å². The Kier molecular flexibility index (Phi) is 9.11. The summed E-state index contributed by atoms with van der Waals surface area (Å²) in [5, 5.41) is 29.0. The van der Waals surface area contributed by atoms with Crippen LogP contribution in [-0.4, -0.2) is 15.9 Å². The predicted molar refractivity (Wildman–Crippen MR) is 205 cm³/mol. The van der Waals surface area contributed by atoms with E-state index in [0.29, 0.717) is 0 Å². The third kappa shape index (κ3) is 7.35. The van der Waals surface area contributed by atoms with Crippen molar-refractivity contribution in [3.8, 4) is 11.5 Å². The second-order valence-electron chi connectivity index (χ2n) is 11.7. The van der Waals surface area contributed by atoms with Gasteiger partial charge in [0.25, 0.3) is 0 Å². The molecule has 4 heteroatoms. The van der Waals surface area contributed by atoms with Crippen molar-refractivity contribution in [1.82, 2.24) is 0 Å². The number of nitrogens with zero attached hydrogens (tertiary/aromatic N) is 2. The quantitative estimate of drug-likeness (QED) is 0.0944. The molecule has 0 aliphatic rings. The molecule has 236 valence electrons.